The SMILES string of the molecule is Cc1ccnc(NC(=O)C2CCN(C(=O)[C@H]3CCCO3)CC2)c1. The average Bonchev–Trinajstić information content (AvgIpc) is 3.09. The summed E-state index contributed by atoms with van der Waals surface area (Å²) < 4.78 is 5.45. The molecule has 0 aromatic carbocycles. The van der Waals surface area contributed by atoms with E-state index in [1.807, 2.05) is 24.0 Å². The Morgan fingerprint density at radius 2 is 2.09 bits per heavy atom. The molecule has 23 heavy (non-hydrogen) atoms. The minimum atomic E-state index is -0.267. The first-order valence-corrected chi connectivity index (χ1v) is 8.27. The fourth-order valence-corrected chi connectivity index (χ4v) is 3.17. The second-order valence-electron chi connectivity index (χ2n) is 6.31. The lowest BCUT2D eigenvalue weighted by Gasteiger charge is -2.32. The van der Waals surface area contributed by atoms with E-state index < -0.39 is 0 Å². The summed E-state index contributed by atoms with van der Waals surface area (Å²) in [5.74, 6) is 0.604. The topological polar surface area (TPSA) is 71.5 Å². The van der Waals surface area contributed by atoms with Gasteiger partial charge in [-0.2, -0.15) is 0 Å². The largest absolute Gasteiger partial charge is 0.368 e. The molecule has 2 fully saturated rings. The average molecular weight is 317 g/mol. The van der Waals surface area contributed by atoms with E-state index in [2.05, 4.69) is 10.3 Å². The Hall–Kier alpha value is -1.95. The van der Waals surface area contributed by atoms with Gasteiger partial charge >= 0.3 is 0 Å². The Morgan fingerprint density at radius 3 is 2.74 bits per heavy atom. The molecule has 1 atom stereocenters. The van der Waals surface area contributed by atoms with E-state index in [0.717, 1.165) is 18.4 Å². The fourth-order valence-electron chi connectivity index (χ4n) is 3.17. The Morgan fingerprint density at radius 1 is 1.30 bits per heavy atom. The van der Waals surface area contributed by atoms with Gasteiger partial charge in [0.25, 0.3) is 5.91 Å². The highest BCUT2D eigenvalue weighted by Gasteiger charge is 2.32. The van der Waals surface area contributed by atoms with E-state index in [1.54, 1.807) is 6.20 Å². The first-order valence-electron chi connectivity index (χ1n) is 8.27. The van der Waals surface area contributed by atoms with Gasteiger partial charge in [-0.15, -0.1) is 0 Å². The van der Waals surface area contributed by atoms with E-state index in [0.29, 0.717) is 38.4 Å². The van der Waals surface area contributed by atoms with Gasteiger partial charge in [-0.1, -0.05) is 0 Å². The van der Waals surface area contributed by atoms with Gasteiger partial charge in [-0.3, -0.25) is 9.59 Å². The lowest BCUT2D eigenvalue weighted by Crippen LogP contribution is -2.45. The summed E-state index contributed by atoms with van der Waals surface area (Å²) in [7, 11) is 0. The van der Waals surface area contributed by atoms with Crippen LogP contribution in [-0.2, 0) is 14.3 Å². The molecule has 1 aromatic heterocycles. The number of carbonyl (C=O) groups excluding carboxylic acids is 2. The van der Waals surface area contributed by atoms with Crippen molar-refractivity contribution in [2.45, 2.75) is 38.7 Å². The molecule has 1 aromatic rings. The molecule has 2 aliphatic heterocycles. The van der Waals surface area contributed by atoms with E-state index in [1.165, 1.54) is 0 Å². The third kappa shape index (κ3) is 3.88. The zero-order chi connectivity index (χ0) is 16.2. The highest BCUT2D eigenvalue weighted by atomic mass is 16.5. The van der Waals surface area contributed by atoms with Gasteiger partial charge in [0, 0.05) is 31.8 Å². The smallest absolute Gasteiger partial charge is 0.251 e. The summed E-state index contributed by atoms with van der Waals surface area (Å²) >= 11 is 0. The normalized spacial score (nSPS) is 22.1. The second kappa shape index (κ2) is 7.08. The van der Waals surface area contributed by atoms with Crippen LogP contribution in [-0.4, -0.2) is 47.5 Å². The van der Waals surface area contributed by atoms with Crippen LogP contribution in [0.2, 0.25) is 0 Å². The summed E-state index contributed by atoms with van der Waals surface area (Å²) in [6, 6.07) is 3.75. The maximum absolute atomic E-state index is 12.3. The molecule has 3 rings (SSSR count). The van der Waals surface area contributed by atoms with Gasteiger partial charge in [0.05, 0.1) is 0 Å². The Balaban J connectivity index is 1.50. The fraction of sp³-hybridized carbons (Fsp3) is 0.588. The number of rotatable bonds is 3. The highest BCUT2D eigenvalue weighted by molar-refractivity contribution is 5.92. The maximum Gasteiger partial charge on any atom is 0.251 e. The molecule has 2 saturated heterocycles. The number of piperidine rings is 1. The van der Waals surface area contributed by atoms with Crippen molar-refractivity contribution in [2.75, 3.05) is 25.0 Å². The van der Waals surface area contributed by atoms with E-state index in [4.69, 9.17) is 4.74 Å². The lowest BCUT2D eigenvalue weighted by atomic mass is 9.95. The van der Waals surface area contributed by atoms with Crippen LogP contribution in [0.4, 0.5) is 5.82 Å². The molecular weight excluding hydrogens is 294 g/mol. The van der Waals surface area contributed by atoms with Crippen LogP contribution < -0.4 is 5.32 Å². The number of amides is 2. The highest BCUT2D eigenvalue weighted by Crippen LogP contribution is 2.22. The number of aromatic nitrogens is 1. The van der Waals surface area contributed by atoms with Crippen molar-refractivity contribution in [1.82, 2.24) is 9.88 Å². The summed E-state index contributed by atoms with van der Waals surface area (Å²) in [6.07, 6.45) is 4.58. The maximum atomic E-state index is 12.3. The molecule has 2 amide bonds. The number of nitrogens with zero attached hydrogens (tertiary/aromatic N) is 2. The number of anilines is 1. The Kier molecular flexibility index (Phi) is 4.91. The van der Waals surface area contributed by atoms with Gasteiger partial charge in [-0.05, 0) is 50.3 Å². The van der Waals surface area contributed by atoms with Crippen LogP contribution >= 0.6 is 0 Å². The first kappa shape index (κ1) is 15.9. The Labute approximate surface area is 136 Å². The van der Waals surface area contributed by atoms with E-state index in [9.17, 15) is 9.59 Å². The second-order valence-corrected chi connectivity index (χ2v) is 6.31. The van der Waals surface area contributed by atoms with Crippen molar-refractivity contribution in [2.24, 2.45) is 5.92 Å². The molecule has 0 radical (unpaired) electrons. The van der Waals surface area contributed by atoms with Crippen molar-refractivity contribution in [1.29, 1.82) is 0 Å². The summed E-state index contributed by atoms with van der Waals surface area (Å²) in [6.45, 7) is 3.89. The molecule has 0 spiro atoms. The number of aryl methyl sites for hydroxylation is 1. The predicted octanol–water partition coefficient (Wildman–Crippen LogP) is 1.75. The molecule has 0 aliphatic carbocycles. The molecular formula is C17H23N3O3. The number of likely N-dealkylation sites (tertiary alicyclic amines) is 1. The summed E-state index contributed by atoms with van der Waals surface area (Å²) in [4.78, 5) is 30.6. The third-order valence-corrected chi connectivity index (χ3v) is 4.55. The van der Waals surface area contributed by atoms with E-state index in [-0.39, 0.29) is 23.8 Å². The molecule has 124 valence electrons. The number of ether oxygens (including phenoxy) is 1. The van der Waals surface area contributed by atoms with Gasteiger partial charge < -0.3 is 15.0 Å². The van der Waals surface area contributed by atoms with Crippen molar-refractivity contribution in [3.8, 4) is 0 Å². The third-order valence-electron chi connectivity index (χ3n) is 4.55. The number of nitrogens with one attached hydrogen (secondary N) is 1. The van der Waals surface area contributed by atoms with Gasteiger partial charge in [0.2, 0.25) is 5.91 Å². The van der Waals surface area contributed by atoms with Crippen molar-refractivity contribution in [3.05, 3.63) is 23.9 Å². The molecule has 0 saturated carbocycles. The molecule has 0 bridgehead atoms. The van der Waals surface area contributed by atoms with Gasteiger partial charge in [-0.25, -0.2) is 4.98 Å². The van der Waals surface area contributed by atoms with Crippen molar-refractivity contribution < 1.29 is 14.3 Å². The molecule has 3 heterocycles. The zero-order valence-corrected chi connectivity index (χ0v) is 13.5. The van der Waals surface area contributed by atoms with Gasteiger partial charge in [0.1, 0.15) is 11.9 Å². The zero-order valence-electron chi connectivity index (χ0n) is 13.5. The number of hydrogen-bond donors (Lipinski definition) is 1. The minimum Gasteiger partial charge on any atom is -0.368 e. The number of pyridine rings is 1. The van der Waals surface area contributed by atoms with Crippen LogP contribution in [0.3, 0.4) is 0 Å². The lowest BCUT2D eigenvalue weighted by molar-refractivity contribution is -0.143. The number of carbonyl (C=O) groups is 2. The van der Waals surface area contributed by atoms with Crippen LogP contribution in [0.1, 0.15) is 31.2 Å². The van der Waals surface area contributed by atoms with Crippen LogP contribution in [0, 0.1) is 12.8 Å². The van der Waals surface area contributed by atoms with Crippen molar-refractivity contribution >= 4 is 17.6 Å². The van der Waals surface area contributed by atoms with E-state index >= 15 is 0 Å². The molecule has 2 aliphatic rings. The van der Waals surface area contributed by atoms with Crippen LogP contribution in [0.25, 0.3) is 0 Å². The minimum absolute atomic E-state index is 0.00712. The molecule has 6 nitrogen and oxygen atoms in total. The first-order chi connectivity index (χ1) is 11.1. The van der Waals surface area contributed by atoms with Crippen LogP contribution in [0.15, 0.2) is 18.3 Å². The predicted molar refractivity (Wildman–Crippen MR) is 85.9 cm³/mol. The monoisotopic (exact) mass is 317 g/mol. The van der Waals surface area contributed by atoms with Gasteiger partial charge in [0.15, 0.2) is 0 Å². The van der Waals surface area contributed by atoms with Crippen molar-refractivity contribution in [3.63, 3.8) is 0 Å². The number of hydrogen-bond acceptors (Lipinski definition) is 4. The standard InChI is InChI=1S/C17H23N3O3/c1-12-4-7-18-15(11-12)19-16(21)13-5-8-20(9-6-13)17(22)14-3-2-10-23-14/h4,7,11,13-14H,2-3,5-6,8-10H2,1H3,(H,18,19,21)/t14-/m1/s1. The molecule has 6 heteroatoms. The van der Waals surface area contributed by atoms with Crippen LogP contribution in [0.5, 0.6) is 0 Å². The summed E-state index contributed by atoms with van der Waals surface area (Å²) in [5, 5.41) is 2.87. The molecule has 0 unspecified atom stereocenters. The summed E-state index contributed by atoms with van der Waals surface area (Å²) in [5.41, 5.74) is 1.06. The Bertz CT molecular complexity index is 576. The quantitative estimate of drug-likeness (QED) is 0.922. The molecule has 1 N–H and O–H groups in total.